The smallest absolute Gasteiger partial charge is 0.236 e. The van der Waals surface area contributed by atoms with Crippen molar-refractivity contribution in [3.05, 3.63) is 0 Å². The van der Waals surface area contributed by atoms with E-state index in [9.17, 15) is 9.90 Å². The van der Waals surface area contributed by atoms with Crippen molar-refractivity contribution in [2.75, 3.05) is 26.4 Å². The van der Waals surface area contributed by atoms with E-state index in [1.54, 1.807) is 0 Å². The van der Waals surface area contributed by atoms with Crippen molar-refractivity contribution in [3.8, 4) is 0 Å². The molecule has 1 aliphatic heterocycles. The number of hydrogen-bond acceptors (Lipinski definition) is 4. The molecule has 1 atom stereocenters. The molecule has 0 aromatic heterocycles. The van der Waals surface area contributed by atoms with Crippen LogP contribution in [0.1, 0.15) is 33.1 Å². The monoisotopic (exact) mass is 244 g/mol. The van der Waals surface area contributed by atoms with Crippen molar-refractivity contribution in [2.24, 2.45) is 0 Å². The van der Waals surface area contributed by atoms with E-state index in [0.717, 1.165) is 19.3 Å². The van der Waals surface area contributed by atoms with Crippen molar-refractivity contribution in [3.63, 3.8) is 0 Å². The number of carbonyl (C=O) groups is 1. The van der Waals surface area contributed by atoms with Crippen LogP contribution in [0, 0.1) is 0 Å². The molecule has 1 rings (SSSR count). The quantitative estimate of drug-likeness (QED) is 0.616. The molecule has 0 spiro atoms. The molecule has 1 unspecified atom stereocenters. The Bertz CT molecular complexity index is 240. The van der Waals surface area contributed by atoms with E-state index in [1.807, 2.05) is 13.8 Å². The number of aliphatic hydroxyl groups is 1. The molecule has 1 amide bonds. The first-order chi connectivity index (χ1) is 8.13. The van der Waals surface area contributed by atoms with E-state index < -0.39 is 0 Å². The van der Waals surface area contributed by atoms with Gasteiger partial charge < -0.3 is 15.2 Å². The molecule has 0 bridgehead atoms. The fourth-order valence-electron chi connectivity index (χ4n) is 2.04. The summed E-state index contributed by atoms with van der Waals surface area (Å²) in [6.07, 6.45) is 2.42. The lowest BCUT2D eigenvalue weighted by Gasteiger charge is -2.38. The van der Waals surface area contributed by atoms with Crippen LogP contribution in [-0.4, -0.2) is 49.0 Å². The fourth-order valence-corrected chi connectivity index (χ4v) is 2.04. The van der Waals surface area contributed by atoms with Crippen molar-refractivity contribution in [1.82, 2.24) is 10.6 Å². The zero-order valence-electron chi connectivity index (χ0n) is 10.8. The van der Waals surface area contributed by atoms with Gasteiger partial charge in [0.15, 0.2) is 0 Å². The first-order valence-corrected chi connectivity index (χ1v) is 6.37. The van der Waals surface area contributed by atoms with Gasteiger partial charge in [-0.15, -0.1) is 0 Å². The highest BCUT2D eigenvalue weighted by molar-refractivity contribution is 5.81. The van der Waals surface area contributed by atoms with Crippen LogP contribution in [0.25, 0.3) is 0 Å². The molecule has 1 aliphatic rings. The second kappa shape index (κ2) is 6.93. The Morgan fingerprint density at radius 3 is 2.65 bits per heavy atom. The second-order valence-corrected chi connectivity index (χ2v) is 4.71. The molecular formula is C12H24N2O3. The summed E-state index contributed by atoms with van der Waals surface area (Å²) in [5.74, 6) is -0.00818. The van der Waals surface area contributed by atoms with Crippen LogP contribution in [0.3, 0.4) is 0 Å². The SMILES string of the molecule is CCCNC(=O)C(C)NC1(CO)CCOCC1. The molecule has 0 aromatic carbocycles. The highest BCUT2D eigenvalue weighted by Gasteiger charge is 2.34. The lowest BCUT2D eigenvalue weighted by Crippen LogP contribution is -2.58. The highest BCUT2D eigenvalue weighted by Crippen LogP contribution is 2.20. The first-order valence-electron chi connectivity index (χ1n) is 6.37. The largest absolute Gasteiger partial charge is 0.394 e. The van der Waals surface area contributed by atoms with E-state index in [0.29, 0.717) is 19.8 Å². The molecule has 5 nitrogen and oxygen atoms in total. The minimum atomic E-state index is -0.360. The van der Waals surface area contributed by atoms with E-state index in [1.165, 1.54) is 0 Å². The summed E-state index contributed by atoms with van der Waals surface area (Å²) in [7, 11) is 0. The molecule has 0 aromatic rings. The number of hydrogen-bond donors (Lipinski definition) is 3. The molecule has 17 heavy (non-hydrogen) atoms. The van der Waals surface area contributed by atoms with Crippen LogP contribution in [-0.2, 0) is 9.53 Å². The zero-order valence-corrected chi connectivity index (χ0v) is 10.8. The van der Waals surface area contributed by atoms with Gasteiger partial charge in [-0.25, -0.2) is 0 Å². The Balaban J connectivity index is 2.46. The van der Waals surface area contributed by atoms with Gasteiger partial charge in [-0.05, 0) is 26.2 Å². The average Bonchev–Trinajstić information content (AvgIpc) is 2.36. The van der Waals surface area contributed by atoms with Crippen LogP contribution in [0.5, 0.6) is 0 Å². The Kier molecular flexibility index (Phi) is 5.88. The maximum atomic E-state index is 11.7. The minimum absolute atomic E-state index is 0.00818. The lowest BCUT2D eigenvalue weighted by atomic mass is 9.90. The van der Waals surface area contributed by atoms with Crippen molar-refractivity contribution >= 4 is 5.91 Å². The second-order valence-electron chi connectivity index (χ2n) is 4.71. The summed E-state index contributed by atoms with van der Waals surface area (Å²) in [6.45, 7) is 5.86. The van der Waals surface area contributed by atoms with Gasteiger partial charge in [0.25, 0.3) is 0 Å². The minimum Gasteiger partial charge on any atom is -0.394 e. The van der Waals surface area contributed by atoms with E-state index in [2.05, 4.69) is 10.6 Å². The Labute approximate surface area is 103 Å². The summed E-state index contributed by atoms with van der Waals surface area (Å²) in [4.78, 5) is 11.7. The van der Waals surface area contributed by atoms with Gasteiger partial charge in [-0.3, -0.25) is 10.1 Å². The van der Waals surface area contributed by atoms with Gasteiger partial charge in [0.2, 0.25) is 5.91 Å². The summed E-state index contributed by atoms with van der Waals surface area (Å²) in [5, 5.41) is 15.6. The molecule has 5 heteroatoms. The normalized spacial score (nSPS) is 20.9. The Morgan fingerprint density at radius 2 is 2.12 bits per heavy atom. The number of carbonyl (C=O) groups excluding carboxylic acids is 1. The van der Waals surface area contributed by atoms with Crippen LogP contribution in [0.15, 0.2) is 0 Å². The third kappa shape index (κ3) is 4.26. The van der Waals surface area contributed by atoms with E-state index in [-0.39, 0.29) is 24.1 Å². The van der Waals surface area contributed by atoms with Crippen LogP contribution >= 0.6 is 0 Å². The van der Waals surface area contributed by atoms with Gasteiger partial charge in [0, 0.05) is 25.3 Å². The number of amides is 1. The maximum Gasteiger partial charge on any atom is 0.236 e. The van der Waals surface area contributed by atoms with E-state index >= 15 is 0 Å². The molecule has 0 radical (unpaired) electrons. The topological polar surface area (TPSA) is 70.6 Å². The summed E-state index contributed by atoms with van der Waals surface area (Å²) < 4.78 is 5.28. The fraction of sp³-hybridized carbons (Fsp3) is 0.917. The number of aliphatic hydroxyl groups excluding tert-OH is 1. The standard InChI is InChI=1S/C12H24N2O3/c1-3-6-13-11(16)10(2)14-12(9-15)4-7-17-8-5-12/h10,14-15H,3-9H2,1-2H3,(H,13,16). The van der Waals surface area contributed by atoms with E-state index in [4.69, 9.17) is 4.74 Å². The summed E-state index contributed by atoms with van der Waals surface area (Å²) >= 11 is 0. The van der Waals surface area contributed by atoms with Gasteiger partial charge in [0.05, 0.1) is 12.6 Å². The molecule has 1 saturated heterocycles. The molecule has 0 saturated carbocycles. The Hall–Kier alpha value is -0.650. The van der Waals surface area contributed by atoms with Crippen LogP contribution in [0.2, 0.25) is 0 Å². The number of rotatable bonds is 6. The third-order valence-electron chi connectivity index (χ3n) is 3.22. The van der Waals surface area contributed by atoms with Crippen molar-refractivity contribution in [1.29, 1.82) is 0 Å². The third-order valence-corrected chi connectivity index (χ3v) is 3.22. The average molecular weight is 244 g/mol. The lowest BCUT2D eigenvalue weighted by molar-refractivity contribution is -0.124. The predicted octanol–water partition coefficient (Wildman–Crippen LogP) is 0.0322. The summed E-state index contributed by atoms with van der Waals surface area (Å²) in [6, 6.07) is -0.285. The summed E-state index contributed by atoms with van der Waals surface area (Å²) in [5.41, 5.74) is -0.360. The number of ether oxygens (including phenoxy) is 1. The predicted molar refractivity (Wildman–Crippen MR) is 65.8 cm³/mol. The van der Waals surface area contributed by atoms with Gasteiger partial charge in [-0.2, -0.15) is 0 Å². The number of nitrogens with one attached hydrogen (secondary N) is 2. The van der Waals surface area contributed by atoms with Gasteiger partial charge in [0.1, 0.15) is 0 Å². The van der Waals surface area contributed by atoms with Crippen LogP contribution < -0.4 is 10.6 Å². The first kappa shape index (κ1) is 14.4. The molecule has 3 N–H and O–H groups in total. The Morgan fingerprint density at radius 1 is 1.47 bits per heavy atom. The maximum absolute atomic E-state index is 11.7. The zero-order chi connectivity index (χ0) is 12.7. The molecule has 0 aliphatic carbocycles. The molecule has 1 fully saturated rings. The van der Waals surface area contributed by atoms with Crippen molar-refractivity contribution < 1.29 is 14.6 Å². The molecule has 1 heterocycles. The van der Waals surface area contributed by atoms with Gasteiger partial charge >= 0.3 is 0 Å². The molecular weight excluding hydrogens is 220 g/mol. The van der Waals surface area contributed by atoms with Gasteiger partial charge in [-0.1, -0.05) is 6.92 Å². The van der Waals surface area contributed by atoms with Crippen LogP contribution in [0.4, 0.5) is 0 Å². The highest BCUT2D eigenvalue weighted by atomic mass is 16.5. The molecule has 100 valence electrons. The van der Waals surface area contributed by atoms with Crippen molar-refractivity contribution in [2.45, 2.75) is 44.7 Å².